The smallest absolute Gasteiger partial charge is 0.0733 e. The Morgan fingerprint density at radius 3 is 2.18 bits per heavy atom. The van der Waals surface area contributed by atoms with Crippen LogP contribution in [-0.2, 0) is 4.74 Å². The molecule has 0 aliphatic heterocycles. The van der Waals surface area contributed by atoms with E-state index in [1.165, 1.54) is 0 Å². The molecule has 0 aromatic carbocycles. The summed E-state index contributed by atoms with van der Waals surface area (Å²) < 4.78 is 5.52. The second kappa shape index (κ2) is 4.55. The molecule has 0 spiro atoms. The van der Waals surface area contributed by atoms with E-state index in [9.17, 15) is 0 Å². The lowest BCUT2D eigenvalue weighted by molar-refractivity contribution is -0.0482. The van der Waals surface area contributed by atoms with Crippen molar-refractivity contribution in [3.8, 4) is 0 Å². The first-order chi connectivity index (χ1) is 5.13. The molecule has 0 unspecified atom stereocenters. The first-order valence-electron chi connectivity index (χ1n) is 4.29. The lowest BCUT2D eigenvalue weighted by atomic mass is 9.84. The Hall–Kier alpha value is -0.300. The van der Waals surface area contributed by atoms with Gasteiger partial charge in [-0.25, -0.2) is 0 Å². The summed E-state index contributed by atoms with van der Waals surface area (Å²) in [6.07, 6.45) is 3.93. The van der Waals surface area contributed by atoms with Crippen LogP contribution < -0.4 is 0 Å². The molecule has 1 nitrogen and oxygen atoms in total. The third-order valence-corrected chi connectivity index (χ3v) is 2.55. The van der Waals surface area contributed by atoms with Crippen molar-refractivity contribution in [1.29, 1.82) is 0 Å². The molecule has 0 radical (unpaired) electrons. The van der Waals surface area contributed by atoms with Gasteiger partial charge in [0.15, 0.2) is 0 Å². The summed E-state index contributed by atoms with van der Waals surface area (Å²) >= 11 is 0. The molecule has 0 fully saturated rings. The molecule has 0 heterocycles. The van der Waals surface area contributed by atoms with Crippen molar-refractivity contribution in [2.24, 2.45) is 5.92 Å². The number of ether oxygens (including phenoxy) is 1. The predicted molar refractivity (Wildman–Crippen MR) is 49.7 cm³/mol. The fourth-order valence-corrected chi connectivity index (χ4v) is 1.50. The Kier molecular flexibility index (Phi) is 4.43. The minimum absolute atomic E-state index is 0.0156. The van der Waals surface area contributed by atoms with Crippen molar-refractivity contribution in [3.63, 3.8) is 0 Å². The third-order valence-electron chi connectivity index (χ3n) is 2.55. The van der Waals surface area contributed by atoms with Crippen LogP contribution in [0.4, 0.5) is 0 Å². The van der Waals surface area contributed by atoms with Crippen molar-refractivity contribution >= 4 is 0 Å². The Bertz CT molecular complexity index is 112. The second-order valence-electron chi connectivity index (χ2n) is 3.27. The average molecular weight is 156 g/mol. The van der Waals surface area contributed by atoms with Crippen LogP contribution >= 0.6 is 0 Å². The molecule has 1 atom stereocenters. The lowest BCUT2D eigenvalue weighted by Gasteiger charge is -2.34. The van der Waals surface area contributed by atoms with Crippen LogP contribution in [0.25, 0.3) is 0 Å². The zero-order chi connectivity index (χ0) is 8.91. The zero-order valence-electron chi connectivity index (χ0n) is 8.18. The normalized spacial score (nSPS) is 16.5. The molecular weight excluding hydrogens is 136 g/mol. The summed E-state index contributed by atoms with van der Waals surface area (Å²) in [7, 11) is 1.78. The van der Waals surface area contributed by atoms with Gasteiger partial charge in [-0.2, -0.15) is 0 Å². The first kappa shape index (κ1) is 10.7. The summed E-state index contributed by atoms with van der Waals surface area (Å²) in [5, 5.41) is 0. The van der Waals surface area contributed by atoms with E-state index < -0.39 is 0 Å². The van der Waals surface area contributed by atoms with E-state index in [0.717, 1.165) is 12.8 Å². The minimum Gasteiger partial charge on any atom is -0.378 e. The van der Waals surface area contributed by atoms with E-state index in [4.69, 9.17) is 4.74 Å². The van der Waals surface area contributed by atoms with Gasteiger partial charge in [0.25, 0.3) is 0 Å². The van der Waals surface area contributed by atoms with Crippen LogP contribution in [0.2, 0.25) is 0 Å². The molecule has 0 rings (SSSR count). The molecule has 0 N–H and O–H groups in total. The van der Waals surface area contributed by atoms with Gasteiger partial charge >= 0.3 is 0 Å². The SMILES string of the molecule is C=CC[C@](CC)(OC)C(C)C. The summed E-state index contributed by atoms with van der Waals surface area (Å²) in [6.45, 7) is 10.3. The predicted octanol–water partition coefficient (Wildman–Crippen LogP) is 3.01. The largest absolute Gasteiger partial charge is 0.378 e. The van der Waals surface area contributed by atoms with Crippen molar-refractivity contribution in [2.45, 2.75) is 39.2 Å². The molecule has 1 heteroatoms. The van der Waals surface area contributed by atoms with E-state index in [2.05, 4.69) is 27.4 Å². The van der Waals surface area contributed by atoms with Gasteiger partial charge in [0.2, 0.25) is 0 Å². The number of hydrogen-bond donors (Lipinski definition) is 0. The molecule has 0 aromatic rings. The fraction of sp³-hybridized carbons (Fsp3) is 0.800. The van der Waals surface area contributed by atoms with E-state index in [1.807, 2.05) is 6.08 Å². The minimum atomic E-state index is 0.0156. The van der Waals surface area contributed by atoms with Gasteiger partial charge in [-0.1, -0.05) is 26.8 Å². The van der Waals surface area contributed by atoms with Crippen molar-refractivity contribution in [3.05, 3.63) is 12.7 Å². The van der Waals surface area contributed by atoms with Gasteiger partial charge in [0.05, 0.1) is 5.60 Å². The number of rotatable bonds is 5. The molecule has 66 valence electrons. The summed E-state index contributed by atoms with van der Waals surface area (Å²) in [5.41, 5.74) is 0.0156. The molecule has 0 bridgehead atoms. The molecule has 11 heavy (non-hydrogen) atoms. The van der Waals surface area contributed by atoms with E-state index >= 15 is 0 Å². The topological polar surface area (TPSA) is 9.23 Å². The average Bonchev–Trinajstić information content (AvgIpc) is 2.00. The van der Waals surface area contributed by atoms with Gasteiger partial charge in [0.1, 0.15) is 0 Å². The first-order valence-corrected chi connectivity index (χ1v) is 4.29. The Labute approximate surface area is 70.4 Å². The Morgan fingerprint density at radius 2 is 2.09 bits per heavy atom. The third kappa shape index (κ3) is 2.33. The fourth-order valence-electron chi connectivity index (χ4n) is 1.50. The van der Waals surface area contributed by atoms with Crippen LogP contribution in [0, 0.1) is 5.92 Å². The van der Waals surface area contributed by atoms with Crippen LogP contribution in [0.5, 0.6) is 0 Å². The molecular formula is C10H20O. The number of methoxy groups -OCH3 is 1. The van der Waals surface area contributed by atoms with Crippen LogP contribution in [-0.4, -0.2) is 12.7 Å². The highest BCUT2D eigenvalue weighted by molar-refractivity contribution is 4.89. The van der Waals surface area contributed by atoms with E-state index in [0.29, 0.717) is 5.92 Å². The summed E-state index contributed by atoms with van der Waals surface area (Å²) in [5.74, 6) is 0.551. The van der Waals surface area contributed by atoms with Gasteiger partial charge in [-0.15, -0.1) is 6.58 Å². The maximum atomic E-state index is 5.52. The monoisotopic (exact) mass is 156 g/mol. The van der Waals surface area contributed by atoms with Crippen LogP contribution in [0.1, 0.15) is 33.6 Å². The summed E-state index contributed by atoms with van der Waals surface area (Å²) in [6, 6.07) is 0. The number of hydrogen-bond acceptors (Lipinski definition) is 1. The van der Waals surface area contributed by atoms with Crippen molar-refractivity contribution < 1.29 is 4.74 Å². The molecule has 0 aromatic heterocycles. The second-order valence-corrected chi connectivity index (χ2v) is 3.27. The highest BCUT2D eigenvalue weighted by Gasteiger charge is 2.29. The maximum absolute atomic E-state index is 5.52. The molecule has 0 aliphatic carbocycles. The van der Waals surface area contributed by atoms with Gasteiger partial charge in [-0.3, -0.25) is 0 Å². The molecule has 0 amide bonds. The van der Waals surface area contributed by atoms with Crippen LogP contribution in [0.3, 0.4) is 0 Å². The zero-order valence-corrected chi connectivity index (χ0v) is 8.18. The van der Waals surface area contributed by atoms with Gasteiger partial charge in [-0.05, 0) is 18.8 Å². The van der Waals surface area contributed by atoms with E-state index in [-0.39, 0.29) is 5.60 Å². The van der Waals surface area contributed by atoms with Crippen molar-refractivity contribution in [2.75, 3.05) is 7.11 Å². The lowest BCUT2D eigenvalue weighted by Crippen LogP contribution is -2.35. The van der Waals surface area contributed by atoms with Gasteiger partial charge in [0, 0.05) is 7.11 Å². The molecule has 0 saturated heterocycles. The van der Waals surface area contributed by atoms with E-state index in [1.54, 1.807) is 7.11 Å². The molecule has 0 saturated carbocycles. The standard InChI is InChI=1S/C10H20O/c1-6-8-10(7-2,11-5)9(3)4/h6,9H,1,7-8H2,2-5H3/t10-/m0/s1. The highest BCUT2D eigenvalue weighted by atomic mass is 16.5. The van der Waals surface area contributed by atoms with Crippen LogP contribution in [0.15, 0.2) is 12.7 Å². The quantitative estimate of drug-likeness (QED) is 0.556. The van der Waals surface area contributed by atoms with Gasteiger partial charge < -0.3 is 4.74 Å². The highest BCUT2D eigenvalue weighted by Crippen LogP contribution is 2.28. The Morgan fingerprint density at radius 1 is 1.55 bits per heavy atom. The Balaban J connectivity index is 4.31. The van der Waals surface area contributed by atoms with Crippen molar-refractivity contribution in [1.82, 2.24) is 0 Å². The molecule has 0 aliphatic rings. The summed E-state index contributed by atoms with van der Waals surface area (Å²) in [4.78, 5) is 0. The maximum Gasteiger partial charge on any atom is 0.0733 e.